The molecule has 21 heavy (non-hydrogen) atoms. The molecule has 1 aromatic rings. The molecule has 1 heterocycles. The van der Waals surface area contributed by atoms with Crippen molar-refractivity contribution in [3.05, 3.63) is 35.5 Å². The molecular weight excluding hydrogens is 258 g/mol. The van der Waals surface area contributed by atoms with E-state index in [0.717, 1.165) is 43.1 Å². The van der Waals surface area contributed by atoms with E-state index in [0.29, 0.717) is 0 Å². The van der Waals surface area contributed by atoms with Crippen molar-refractivity contribution in [1.82, 2.24) is 10.3 Å². The molecule has 0 saturated heterocycles. The van der Waals surface area contributed by atoms with E-state index in [-0.39, 0.29) is 5.54 Å². The highest BCUT2D eigenvalue weighted by Gasteiger charge is 2.12. The van der Waals surface area contributed by atoms with Gasteiger partial charge < -0.3 is 10.2 Å². The van der Waals surface area contributed by atoms with Crippen molar-refractivity contribution in [3.8, 4) is 0 Å². The lowest BCUT2D eigenvalue weighted by Crippen LogP contribution is -2.35. The van der Waals surface area contributed by atoms with Gasteiger partial charge in [0.15, 0.2) is 0 Å². The van der Waals surface area contributed by atoms with Gasteiger partial charge >= 0.3 is 0 Å². The van der Waals surface area contributed by atoms with Gasteiger partial charge in [-0.25, -0.2) is 4.98 Å². The van der Waals surface area contributed by atoms with Gasteiger partial charge in [-0.2, -0.15) is 0 Å². The van der Waals surface area contributed by atoms with Crippen molar-refractivity contribution in [3.63, 3.8) is 0 Å². The predicted octanol–water partition coefficient (Wildman–Crippen LogP) is 3.93. The first-order valence-corrected chi connectivity index (χ1v) is 7.89. The zero-order chi connectivity index (χ0) is 16.0. The number of likely N-dealkylation sites (N-methyl/N-ethyl adjacent to an activating group) is 1. The maximum absolute atomic E-state index is 4.78. The van der Waals surface area contributed by atoms with Crippen molar-refractivity contribution < 1.29 is 0 Å². The number of anilines is 1. The third-order valence-electron chi connectivity index (χ3n) is 3.28. The first kappa shape index (κ1) is 17.7. The predicted molar refractivity (Wildman–Crippen MR) is 92.9 cm³/mol. The number of rotatable bonds is 7. The van der Waals surface area contributed by atoms with E-state index in [1.165, 1.54) is 5.56 Å². The first-order valence-electron chi connectivity index (χ1n) is 7.89. The summed E-state index contributed by atoms with van der Waals surface area (Å²) in [5.41, 5.74) is 3.73. The summed E-state index contributed by atoms with van der Waals surface area (Å²) in [6.45, 7) is 19.7. The quantitative estimate of drug-likeness (QED) is 0.771. The molecule has 0 aliphatic heterocycles. The van der Waals surface area contributed by atoms with E-state index in [9.17, 15) is 0 Å². The van der Waals surface area contributed by atoms with Crippen LogP contribution in [0.25, 0.3) is 0 Å². The zero-order valence-electron chi connectivity index (χ0n) is 14.6. The van der Waals surface area contributed by atoms with Crippen LogP contribution in [-0.4, -0.2) is 23.6 Å². The molecule has 0 unspecified atom stereocenters. The number of hydrogen-bond donors (Lipinski definition) is 1. The molecule has 1 aromatic heterocycles. The Bertz CT molecular complexity index is 472. The fourth-order valence-electron chi connectivity index (χ4n) is 2.13. The standard InChI is InChI=1S/C18H31N3/c1-8-16-10-15(12-19-18(5,6)7)11-17(20-16)21(9-2)13-14(3)4/h10-11,19H,3,8-9,12-13H2,1-2,4-7H3. The molecule has 0 aliphatic rings. The van der Waals surface area contributed by atoms with E-state index in [4.69, 9.17) is 4.98 Å². The maximum Gasteiger partial charge on any atom is 0.129 e. The molecule has 0 bridgehead atoms. The topological polar surface area (TPSA) is 28.2 Å². The van der Waals surface area contributed by atoms with Crippen molar-refractivity contribution in [2.75, 3.05) is 18.0 Å². The molecule has 118 valence electrons. The smallest absolute Gasteiger partial charge is 0.129 e. The first-order chi connectivity index (χ1) is 9.75. The SMILES string of the molecule is C=C(C)CN(CC)c1cc(CNC(C)(C)C)cc(CC)n1. The van der Waals surface area contributed by atoms with Gasteiger partial charge in [-0.1, -0.05) is 19.1 Å². The summed E-state index contributed by atoms with van der Waals surface area (Å²) in [6.07, 6.45) is 0.959. The number of pyridine rings is 1. The lowest BCUT2D eigenvalue weighted by atomic mass is 10.1. The Morgan fingerprint density at radius 2 is 1.95 bits per heavy atom. The summed E-state index contributed by atoms with van der Waals surface area (Å²) in [6, 6.07) is 4.40. The Kier molecular flexibility index (Phi) is 6.41. The molecule has 0 spiro atoms. The number of nitrogens with zero attached hydrogens (tertiary/aromatic N) is 2. The van der Waals surface area contributed by atoms with Crippen LogP contribution in [0.15, 0.2) is 24.3 Å². The van der Waals surface area contributed by atoms with E-state index in [2.05, 4.69) is 70.5 Å². The van der Waals surface area contributed by atoms with Gasteiger partial charge in [0, 0.05) is 30.9 Å². The molecule has 0 fully saturated rings. The lowest BCUT2D eigenvalue weighted by molar-refractivity contribution is 0.424. The Labute approximate surface area is 130 Å². The van der Waals surface area contributed by atoms with Gasteiger partial charge in [0.1, 0.15) is 5.82 Å². The summed E-state index contributed by atoms with van der Waals surface area (Å²) in [7, 11) is 0. The van der Waals surface area contributed by atoms with E-state index in [1.54, 1.807) is 0 Å². The monoisotopic (exact) mass is 289 g/mol. The van der Waals surface area contributed by atoms with E-state index in [1.807, 2.05) is 0 Å². The van der Waals surface area contributed by atoms with Gasteiger partial charge in [-0.15, -0.1) is 0 Å². The molecule has 0 radical (unpaired) electrons. The molecule has 3 nitrogen and oxygen atoms in total. The van der Waals surface area contributed by atoms with Gasteiger partial charge in [0.25, 0.3) is 0 Å². The molecule has 0 aliphatic carbocycles. The second kappa shape index (κ2) is 7.60. The minimum atomic E-state index is 0.123. The van der Waals surface area contributed by atoms with Crippen molar-refractivity contribution in [2.24, 2.45) is 0 Å². The maximum atomic E-state index is 4.78. The summed E-state index contributed by atoms with van der Waals surface area (Å²) < 4.78 is 0. The molecular formula is C18H31N3. The third-order valence-corrected chi connectivity index (χ3v) is 3.28. The summed E-state index contributed by atoms with van der Waals surface area (Å²) >= 11 is 0. The number of aromatic nitrogens is 1. The van der Waals surface area contributed by atoms with E-state index >= 15 is 0 Å². The third kappa shape index (κ3) is 6.30. The largest absolute Gasteiger partial charge is 0.353 e. The molecule has 3 heteroatoms. The van der Waals surface area contributed by atoms with Crippen LogP contribution < -0.4 is 10.2 Å². The molecule has 0 saturated carbocycles. The van der Waals surface area contributed by atoms with Crippen LogP contribution in [0.4, 0.5) is 5.82 Å². The Morgan fingerprint density at radius 3 is 2.43 bits per heavy atom. The summed E-state index contributed by atoms with van der Waals surface area (Å²) in [4.78, 5) is 7.06. The van der Waals surface area contributed by atoms with Crippen molar-refractivity contribution in [2.45, 2.75) is 60.0 Å². The highest BCUT2D eigenvalue weighted by molar-refractivity contribution is 5.44. The Morgan fingerprint density at radius 1 is 1.29 bits per heavy atom. The minimum Gasteiger partial charge on any atom is -0.353 e. The van der Waals surface area contributed by atoms with Crippen LogP contribution in [-0.2, 0) is 13.0 Å². The van der Waals surface area contributed by atoms with Crippen molar-refractivity contribution >= 4 is 5.82 Å². The Balaban J connectivity index is 3.00. The molecule has 0 amide bonds. The second-order valence-electron chi connectivity index (χ2n) is 6.75. The zero-order valence-corrected chi connectivity index (χ0v) is 14.6. The molecule has 0 atom stereocenters. The van der Waals surface area contributed by atoms with Crippen LogP contribution in [0.1, 0.15) is 52.8 Å². The Hall–Kier alpha value is -1.35. The van der Waals surface area contributed by atoms with E-state index < -0.39 is 0 Å². The molecule has 1 N–H and O–H groups in total. The fourth-order valence-corrected chi connectivity index (χ4v) is 2.13. The van der Waals surface area contributed by atoms with Crippen molar-refractivity contribution in [1.29, 1.82) is 0 Å². The van der Waals surface area contributed by atoms with Gasteiger partial charge in [0.2, 0.25) is 0 Å². The normalized spacial score (nSPS) is 11.5. The highest BCUT2D eigenvalue weighted by Crippen LogP contribution is 2.17. The average Bonchev–Trinajstić information content (AvgIpc) is 2.41. The van der Waals surface area contributed by atoms with Crippen LogP contribution in [0.2, 0.25) is 0 Å². The highest BCUT2D eigenvalue weighted by atomic mass is 15.2. The summed E-state index contributed by atoms with van der Waals surface area (Å²) in [5.74, 6) is 1.06. The van der Waals surface area contributed by atoms with Crippen LogP contribution in [0.3, 0.4) is 0 Å². The van der Waals surface area contributed by atoms with Gasteiger partial charge in [-0.05, 0) is 58.7 Å². The summed E-state index contributed by atoms with van der Waals surface area (Å²) in [5, 5.41) is 3.55. The molecule has 0 aromatic carbocycles. The van der Waals surface area contributed by atoms with Crippen LogP contribution in [0.5, 0.6) is 0 Å². The van der Waals surface area contributed by atoms with Crippen LogP contribution in [0, 0.1) is 0 Å². The van der Waals surface area contributed by atoms with Gasteiger partial charge in [0.05, 0.1) is 0 Å². The second-order valence-corrected chi connectivity index (χ2v) is 6.75. The average molecular weight is 289 g/mol. The number of nitrogens with one attached hydrogen (secondary N) is 1. The van der Waals surface area contributed by atoms with Gasteiger partial charge in [-0.3, -0.25) is 0 Å². The molecule has 1 rings (SSSR count). The lowest BCUT2D eigenvalue weighted by Gasteiger charge is -2.25. The number of hydrogen-bond acceptors (Lipinski definition) is 3. The van der Waals surface area contributed by atoms with Crippen LogP contribution >= 0.6 is 0 Å². The number of aryl methyl sites for hydroxylation is 1. The minimum absolute atomic E-state index is 0.123. The fraction of sp³-hybridized carbons (Fsp3) is 0.611.